The number of amides is 1. The van der Waals surface area contributed by atoms with Gasteiger partial charge in [-0.3, -0.25) is 4.79 Å². The third-order valence-electron chi connectivity index (χ3n) is 2.96. The number of methoxy groups -OCH3 is 1. The van der Waals surface area contributed by atoms with Crippen LogP contribution in [-0.2, 0) is 0 Å². The zero-order chi connectivity index (χ0) is 15.2. The van der Waals surface area contributed by atoms with Crippen LogP contribution in [0.5, 0.6) is 11.5 Å². The molecule has 2 aromatic rings. The predicted molar refractivity (Wildman–Crippen MR) is 80.8 cm³/mol. The summed E-state index contributed by atoms with van der Waals surface area (Å²) in [7, 11) is 1.51. The van der Waals surface area contributed by atoms with Crippen LogP contribution >= 0.6 is 0 Å². The highest BCUT2D eigenvalue weighted by molar-refractivity contribution is 6.01. The first-order valence-electron chi connectivity index (χ1n) is 6.39. The monoisotopic (exact) mass is 284 g/mol. The van der Waals surface area contributed by atoms with Crippen LogP contribution in [0.4, 0.5) is 0 Å². The van der Waals surface area contributed by atoms with Gasteiger partial charge in [-0.15, -0.1) is 0 Å². The minimum absolute atomic E-state index is 0.185. The maximum atomic E-state index is 12.1. The summed E-state index contributed by atoms with van der Waals surface area (Å²) >= 11 is 0. The lowest BCUT2D eigenvalue weighted by Gasteiger charge is -2.07. The summed E-state index contributed by atoms with van der Waals surface area (Å²) in [6.07, 6.45) is 0. The largest absolute Gasteiger partial charge is 0.508 e. The van der Waals surface area contributed by atoms with E-state index in [1.54, 1.807) is 55.5 Å². The second-order valence-corrected chi connectivity index (χ2v) is 4.39. The minimum atomic E-state index is -0.342. The third kappa shape index (κ3) is 3.60. The molecule has 0 aliphatic carbocycles. The van der Waals surface area contributed by atoms with Gasteiger partial charge in [0.2, 0.25) is 0 Å². The normalized spacial score (nSPS) is 11.0. The van der Waals surface area contributed by atoms with E-state index >= 15 is 0 Å². The standard InChI is InChI=1S/C16H16N2O3/c1-11(12-7-9-13(19)10-8-12)17-18-16(20)14-5-3-4-6-15(14)21-2/h3-10,19H,1-2H3,(H,18,20)/b17-11+. The summed E-state index contributed by atoms with van der Waals surface area (Å²) in [5.74, 6) is 0.336. The van der Waals surface area contributed by atoms with Crippen molar-refractivity contribution >= 4 is 11.6 Å². The summed E-state index contributed by atoms with van der Waals surface area (Å²) in [4.78, 5) is 12.1. The molecule has 0 heterocycles. The Labute approximate surface area is 122 Å². The Hall–Kier alpha value is -2.82. The van der Waals surface area contributed by atoms with Crippen LogP contribution in [0.15, 0.2) is 53.6 Å². The number of benzene rings is 2. The molecule has 0 unspecified atom stereocenters. The summed E-state index contributed by atoms with van der Waals surface area (Å²) in [5, 5.41) is 13.3. The van der Waals surface area contributed by atoms with Crippen molar-refractivity contribution in [2.45, 2.75) is 6.92 Å². The number of aromatic hydroxyl groups is 1. The lowest BCUT2D eigenvalue weighted by Crippen LogP contribution is -2.20. The first-order valence-corrected chi connectivity index (χ1v) is 6.39. The number of phenols is 1. The van der Waals surface area contributed by atoms with Gasteiger partial charge in [-0.2, -0.15) is 5.10 Å². The molecule has 0 fully saturated rings. The summed E-state index contributed by atoms with van der Waals surface area (Å²) < 4.78 is 5.13. The Morgan fingerprint density at radius 3 is 2.48 bits per heavy atom. The van der Waals surface area contributed by atoms with Crippen LogP contribution in [0, 0.1) is 0 Å². The number of nitrogens with zero attached hydrogens (tertiary/aromatic N) is 1. The van der Waals surface area contributed by atoms with Crippen molar-refractivity contribution in [1.29, 1.82) is 0 Å². The number of carbonyl (C=O) groups excluding carboxylic acids is 1. The van der Waals surface area contributed by atoms with Crippen molar-refractivity contribution in [2.24, 2.45) is 5.10 Å². The fourth-order valence-corrected chi connectivity index (χ4v) is 1.79. The van der Waals surface area contributed by atoms with E-state index in [-0.39, 0.29) is 11.7 Å². The Kier molecular flexibility index (Phi) is 4.56. The van der Waals surface area contributed by atoms with E-state index in [0.29, 0.717) is 17.0 Å². The molecule has 0 saturated carbocycles. The van der Waals surface area contributed by atoms with Gasteiger partial charge in [-0.25, -0.2) is 5.43 Å². The molecule has 5 nitrogen and oxygen atoms in total. The average Bonchev–Trinajstić information content (AvgIpc) is 2.52. The molecule has 0 saturated heterocycles. The minimum Gasteiger partial charge on any atom is -0.508 e. The lowest BCUT2D eigenvalue weighted by atomic mass is 10.1. The molecule has 2 N–H and O–H groups in total. The molecule has 2 rings (SSSR count). The van der Waals surface area contributed by atoms with Gasteiger partial charge in [0.25, 0.3) is 5.91 Å². The first kappa shape index (κ1) is 14.6. The molecule has 0 atom stereocenters. The van der Waals surface area contributed by atoms with Crippen molar-refractivity contribution in [3.8, 4) is 11.5 Å². The van der Waals surface area contributed by atoms with Crippen LogP contribution < -0.4 is 10.2 Å². The number of rotatable bonds is 4. The van der Waals surface area contributed by atoms with Crippen LogP contribution in [0.1, 0.15) is 22.8 Å². The number of ether oxygens (including phenoxy) is 1. The highest BCUT2D eigenvalue weighted by Gasteiger charge is 2.10. The smallest absolute Gasteiger partial charge is 0.275 e. The van der Waals surface area contributed by atoms with Crippen molar-refractivity contribution in [3.63, 3.8) is 0 Å². The van der Waals surface area contributed by atoms with Gasteiger partial charge in [0.1, 0.15) is 11.5 Å². The molecule has 2 aromatic carbocycles. The Morgan fingerprint density at radius 1 is 1.14 bits per heavy atom. The number of hydrazone groups is 1. The fraction of sp³-hybridized carbons (Fsp3) is 0.125. The van der Waals surface area contributed by atoms with E-state index in [4.69, 9.17) is 4.74 Å². The molecule has 5 heteroatoms. The molecular weight excluding hydrogens is 268 g/mol. The van der Waals surface area contributed by atoms with E-state index < -0.39 is 0 Å². The second kappa shape index (κ2) is 6.56. The lowest BCUT2D eigenvalue weighted by molar-refractivity contribution is 0.0952. The number of para-hydroxylation sites is 1. The molecule has 21 heavy (non-hydrogen) atoms. The summed E-state index contributed by atoms with van der Waals surface area (Å²) in [6.45, 7) is 1.77. The zero-order valence-electron chi connectivity index (χ0n) is 11.8. The maximum absolute atomic E-state index is 12.1. The van der Waals surface area contributed by atoms with Gasteiger partial charge in [0.15, 0.2) is 0 Å². The van der Waals surface area contributed by atoms with Gasteiger partial charge in [-0.05, 0) is 48.9 Å². The number of nitrogens with one attached hydrogen (secondary N) is 1. The number of hydrogen-bond donors (Lipinski definition) is 2. The maximum Gasteiger partial charge on any atom is 0.275 e. The van der Waals surface area contributed by atoms with Gasteiger partial charge >= 0.3 is 0 Å². The summed E-state index contributed by atoms with van der Waals surface area (Å²) in [5.41, 5.74) is 4.36. The fourth-order valence-electron chi connectivity index (χ4n) is 1.79. The van der Waals surface area contributed by atoms with Gasteiger partial charge in [0.05, 0.1) is 18.4 Å². The second-order valence-electron chi connectivity index (χ2n) is 4.39. The predicted octanol–water partition coefficient (Wildman–Crippen LogP) is 2.55. The summed E-state index contributed by atoms with van der Waals surface area (Å²) in [6, 6.07) is 13.5. The quantitative estimate of drug-likeness (QED) is 0.669. The molecule has 0 aliphatic heterocycles. The third-order valence-corrected chi connectivity index (χ3v) is 2.96. The van der Waals surface area contributed by atoms with Crippen molar-refractivity contribution in [1.82, 2.24) is 5.43 Å². The topological polar surface area (TPSA) is 70.9 Å². The van der Waals surface area contributed by atoms with Crippen molar-refractivity contribution in [2.75, 3.05) is 7.11 Å². The van der Waals surface area contributed by atoms with E-state index in [1.807, 2.05) is 0 Å². The van der Waals surface area contributed by atoms with Crippen LogP contribution in [0.25, 0.3) is 0 Å². The highest BCUT2D eigenvalue weighted by atomic mass is 16.5. The van der Waals surface area contributed by atoms with Crippen LogP contribution in [0.3, 0.4) is 0 Å². The van der Waals surface area contributed by atoms with Crippen molar-refractivity contribution in [3.05, 3.63) is 59.7 Å². The van der Waals surface area contributed by atoms with Crippen molar-refractivity contribution < 1.29 is 14.6 Å². The molecule has 0 radical (unpaired) electrons. The first-order chi connectivity index (χ1) is 10.1. The number of phenolic OH excluding ortho intramolecular Hbond substituents is 1. The van der Waals surface area contributed by atoms with E-state index in [9.17, 15) is 9.90 Å². The molecule has 0 spiro atoms. The number of carbonyl (C=O) groups is 1. The SMILES string of the molecule is COc1ccccc1C(=O)N/N=C(\C)c1ccc(O)cc1. The highest BCUT2D eigenvalue weighted by Crippen LogP contribution is 2.17. The molecule has 0 aromatic heterocycles. The van der Waals surface area contributed by atoms with E-state index in [1.165, 1.54) is 7.11 Å². The Morgan fingerprint density at radius 2 is 1.81 bits per heavy atom. The van der Waals surface area contributed by atoms with E-state index in [2.05, 4.69) is 10.5 Å². The molecule has 108 valence electrons. The Bertz CT molecular complexity index is 663. The molecule has 0 aliphatic rings. The van der Waals surface area contributed by atoms with Gasteiger partial charge < -0.3 is 9.84 Å². The molecule has 0 bridgehead atoms. The zero-order valence-corrected chi connectivity index (χ0v) is 11.8. The Balaban J connectivity index is 2.12. The van der Waals surface area contributed by atoms with Gasteiger partial charge in [-0.1, -0.05) is 12.1 Å². The number of hydrogen-bond acceptors (Lipinski definition) is 4. The van der Waals surface area contributed by atoms with E-state index in [0.717, 1.165) is 5.56 Å². The average molecular weight is 284 g/mol. The van der Waals surface area contributed by atoms with Crippen LogP contribution in [-0.4, -0.2) is 23.8 Å². The molecule has 1 amide bonds. The van der Waals surface area contributed by atoms with Crippen LogP contribution in [0.2, 0.25) is 0 Å². The van der Waals surface area contributed by atoms with Gasteiger partial charge in [0, 0.05) is 0 Å². The molecular formula is C16H16N2O3.